The van der Waals surface area contributed by atoms with Crippen LogP contribution in [-0.2, 0) is 27.7 Å². The van der Waals surface area contributed by atoms with Gasteiger partial charge in [-0.1, -0.05) is 30.3 Å². The van der Waals surface area contributed by atoms with Gasteiger partial charge in [0.2, 0.25) is 5.91 Å². The lowest BCUT2D eigenvalue weighted by Crippen LogP contribution is -2.35. The second kappa shape index (κ2) is 8.54. The molecular weight excluding hydrogens is 364 g/mol. The Kier molecular flexibility index (Phi) is 6.13. The molecule has 0 spiro atoms. The molecule has 0 saturated carbocycles. The van der Waals surface area contributed by atoms with E-state index in [1.165, 1.54) is 4.31 Å². The van der Waals surface area contributed by atoms with Crippen molar-refractivity contribution in [2.24, 2.45) is 0 Å². The Bertz CT molecular complexity index is 894. The van der Waals surface area contributed by atoms with Crippen LogP contribution in [0.3, 0.4) is 0 Å². The molecule has 1 amide bonds. The number of rotatable bonds is 7. The van der Waals surface area contributed by atoms with E-state index in [-0.39, 0.29) is 24.0 Å². The van der Waals surface area contributed by atoms with E-state index in [4.69, 9.17) is 5.11 Å². The molecule has 2 aromatic rings. The van der Waals surface area contributed by atoms with Gasteiger partial charge < -0.3 is 10.4 Å². The van der Waals surface area contributed by atoms with Crippen molar-refractivity contribution in [2.75, 3.05) is 24.0 Å². The SMILES string of the molecule is O=C(CCc1ccc(S(=O)(=O)N2CCCc3ccccc32)cc1)NCCO. The fourth-order valence-corrected chi connectivity index (χ4v) is 4.79. The fraction of sp³-hybridized carbons (Fsp3) is 0.350. The second-order valence-electron chi connectivity index (χ2n) is 6.53. The standard InChI is InChI=1S/C20H24N2O4S/c23-15-13-21-20(24)12-9-16-7-10-18(11-8-16)27(25,26)22-14-3-5-17-4-1-2-6-19(17)22/h1-2,4,6-8,10-11,23H,3,5,9,12-15H2,(H,21,24). The van der Waals surface area contributed by atoms with Crippen molar-refractivity contribution in [3.05, 3.63) is 59.7 Å². The van der Waals surface area contributed by atoms with Gasteiger partial charge >= 0.3 is 0 Å². The van der Waals surface area contributed by atoms with Gasteiger partial charge in [0, 0.05) is 19.5 Å². The minimum absolute atomic E-state index is 0.0854. The number of hydrogen-bond acceptors (Lipinski definition) is 4. The molecule has 3 rings (SSSR count). The van der Waals surface area contributed by atoms with E-state index in [1.54, 1.807) is 24.3 Å². The number of fused-ring (bicyclic) bond motifs is 1. The van der Waals surface area contributed by atoms with Crippen LogP contribution in [0.15, 0.2) is 53.4 Å². The van der Waals surface area contributed by atoms with E-state index < -0.39 is 10.0 Å². The Morgan fingerprint density at radius 3 is 2.59 bits per heavy atom. The molecule has 6 nitrogen and oxygen atoms in total. The van der Waals surface area contributed by atoms with Crippen molar-refractivity contribution >= 4 is 21.6 Å². The van der Waals surface area contributed by atoms with Crippen LogP contribution < -0.4 is 9.62 Å². The van der Waals surface area contributed by atoms with Gasteiger partial charge in [-0.25, -0.2) is 8.42 Å². The van der Waals surface area contributed by atoms with Crippen LogP contribution >= 0.6 is 0 Å². The number of nitrogens with one attached hydrogen (secondary N) is 1. The number of sulfonamides is 1. The van der Waals surface area contributed by atoms with E-state index in [0.717, 1.165) is 29.7 Å². The number of aryl methyl sites for hydroxylation is 2. The highest BCUT2D eigenvalue weighted by Gasteiger charge is 2.28. The first-order chi connectivity index (χ1) is 13.0. The van der Waals surface area contributed by atoms with E-state index in [9.17, 15) is 13.2 Å². The molecule has 2 aromatic carbocycles. The summed E-state index contributed by atoms with van der Waals surface area (Å²) >= 11 is 0. The molecule has 1 aliphatic heterocycles. The van der Waals surface area contributed by atoms with Gasteiger partial charge in [-0.15, -0.1) is 0 Å². The Labute approximate surface area is 159 Å². The van der Waals surface area contributed by atoms with Gasteiger partial charge in [0.15, 0.2) is 0 Å². The first kappa shape index (κ1) is 19.4. The largest absolute Gasteiger partial charge is 0.395 e. The molecule has 0 atom stereocenters. The Morgan fingerprint density at radius 2 is 1.85 bits per heavy atom. The molecule has 0 saturated heterocycles. The van der Waals surface area contributed by atoms with Gasteiger partial charge in [-0.2, -0.15) is 0 Å². The van der Waals surface area contributed by atoms with E-state index >= 15 is 0 Å². The van der Waals surface area contributed by atoms with E-state index in [2.05, 4.69) is 5.32 Å². The first-order valence-corrected chi connectivity index (χ1v) is 10.5. The predicted molar refractivity (Wildman–Crippen MR) is 104 cm³/mol. The number of nitrogens with zero attached hydrogens (tertiary/aromatic N) is 1. The minimum atomic E-state index is -3.61. The van der Waals surface area contributed by atoms with Crippen LogP contribution in [0.5, 0.6) is 0 Å². The second-order valence-corrected chi connectivity index (χ2v) is 8.39. The van der Waals surface area contributed by atoms with Gasteiger partial charge in [0.05, 0.1) is 17.2 Å². The van der Waals surface area contributed by atoms with Gasteiger partial charge in [-0.05, 0) is 48.6 Å². The zero-order valence-electron chi connectivity index (χ0n) is 15.1. The molecule has 1 aliphatic rings. The van der Waals surface area contributed by atoms with Crippen molar-refractivity contribution in [1.29, 1.82) is 0 Å². The quantitative estimate of drug-likeness (QED) is 0.758. The number of carbonyl (C=O) groups excluding carboxylic acids is 1. The summed E-state index contributed by atoms with van der Waals surface area (Å²) in [5.74, 6) is -0.134. The topological polar surface area (TPSA) is 86.7 Å². The molecule has 2 N–H and O–H groups in total. The van der Waals surface area contributed by atoms with Crippen LogP contribution in [0.4, 0.5) is 5.69 Å². The number of benzene rings is 2. The number of hydrogen-bond donors (Lipinski definition) is 2. The molecule has 1 heterocycles. The Morgan fingerprint density at radius 1 is 1.11 bits per heavy atom. The summed E-state index contributed by atoms with van der Waals surface area (Å²) in [6, 6.07) is 14.3. The third-order valence-corrected chi connectivity index (χ3v) is 6.48. The van der Waals surface area contributed by atoms with Crippen molar-refractivity contribution in [3.63, 3.8) is 0 Å². The van der Waals surface area contributed by atoms with Crippen molar-refractivity contribution in [3.8, 4) is 0 Å². The zero-order chi connectivity index (χ0) is 19.3. The number of amides is 1. The summed E-state index contributed by atoms with van der Waals surface area (Å²) < 4.78 is 27.7. The number of para-hydroxylation sites is 1. The molecule has 144 valence electrons. The first-order valence-electron chi connectivity index (χ1n) is 9.09. The third-order valence-electron chi connectivity index (χ3n) is 4.65. The molecular formula is C20H24N2O4S. The minimum Gasteiger partial charge on any atom is -0.395 e. The highest BCUT2D eigenvalue weighted by atomic mass is 32.2. The summed E-state index contributed by atoms with van der Waals surface area (Å²) in [7, 11) is -3.61. The maximum atomic E-state index is 13.1. The zero-order valence-corrected chi connectivity index (χ0v) is 15.9. The maximum absolute atomic E-state index is 13.1. The molecule has 0 bridgehead atoms. The lowest BCUT2D eigenvalue weighted by Gasteiger charge is -2.30. The van der Waals surface area contributed by atoms with Gasteiger partial charge in [0.1, 0.15) is 0 Å². The van der Waals surface area contributed by atoms with E-state index in [0.29, 0.717) is 19.4 Å². The summed E-state index contributed by atoms with van der Waals surface area (Å²) in [6.45, 7) is 0.636. The van der Waals surface area contributed by atoms with Crippen LogP contribution in [0, 0.1) is 0 Å². The van der Waals surface area contributed by atoms with Crippen LogP contribution in [-0.4, -0.2) is 39.1 Å². The molecule has 0 unspecified atom stereocenters. The fourth-order valence-electron chi connectivity index (χ4n) is 3.25. The van der Waals surface area contributed by atoms with Crippen LogP contribution in [0.25, 0.3) is 0 Å². The number of anilines is 1. The normalized spacial score (nSPS) is 13.9. The summed E-state index contributed by atoms with van der Waals surface area (Å²) in [5, 5.41) is 11.3. The van der Waals surface area contributed by atoms with E-state index in [1.807, 2.05) is 24.3 Å². The number of carbonyl (C=O) groups is 1. The number of aliphatic hydroxyl groups is 1. The molecule has 0 aromatic heterocycles. The van der Waals surface area contributed by atoms with Crippen molar-refractivity contribution in [2.45, 2.75) is 30.6 Å². The van der Waals surface area contributed by atoms with Crippen LogP contribution in [0.2, 0.25) is 0 Å². The van der Waals surface area contributed by atoms with Crippen molar-refractivity contribution < 1.29 is 18.3 Å². The monoisotopic (exact) mass is 388 g/mol. The lowest BCUT2D eigenvalue weighted by atomic mass is 10.0. The molecule has 7 heteroatoms. The Balaban J connectivity index is 1.72. The highest BCUT2D eigenvalue weighted by molar-refractivity contribution is 7.92. The highest BCUT2D eigenvalue weighted by Crippen LogP contribution is 2.31. The summed E-state index contributed by atoms with van der Waals surface area (Å²) in [5.41, 5.74) is 2.71. The lowest BCUT2D eigenvalue weighted by molar-refractivity contribution is -0.121. The predicted octanol–water partition coefficient (Wildman–Crippen LogP) is 1.87. The molecule has 0 radical (unpaired) electrons. The van der Waals surface area contributed by atoms with Gasteiger partial charge in [0.25, 0.3) is 10.0 Å². The summed E-state index contributed by atoms with van der Waals surface area (Å²) in [6.07, 6.45) is 2.51. The average molecular weight is 388 g/mol. The smallest absolute Gasteiger partial charge is 0.264 e. The van der Waals surface area contributed by atoms with Gasteiger partial charge in [-0.3, -0.25) is 9.10 Å². The van der Waals surface area contributed by atoms with Crippen LogP contribution in [0.1, 0.15) is 24.0 Å². The molecule has 27 heavy (non-hydrogen) atoms. The number of aliphatic hydroxyl groups excluding tert-OH is 1. The molecule has 0 aliphatic carbocycles. The third kappa shape index (κ3) is 4.48. The summed E-state index contributed by atoms with van der Waals surface area (Å²) in [4.78, 5) is 11.9. The Hall–Kier alpha value is -2.38. The molecule has 0 fully saturated rings. The maximum Gasteiger partial charge on any atom is 0.264 e. The van der Waals surface area contributed by atoms with Crippen molar-refractivity contribution in [1.82, 2.24) is 5.32 Å². The average Bonchev–Trinajstić information content (AvgIpc) is 2.70.